The highest BCUT2D eigenvalue weighted by Gasteiger charge is 2.39. The van der Waals surface area contributed by atoms with E-state index in [-0.39, 0.29) is 31.0 Å². The second-order valence-electron chi connectivity index (χ2n) is 8.39. The highest BCUT2D eigenvalue weighted by Crippen LogP contribution is 2.33. The van der Waals surface area contributed by atoms with E-state index < -0.39 is 24.0 Å². The number of benzene rings is 1. The van der Waals surface area contributed by atoms with Gasteiger partial charge in [-0.05, 0) is 43.2 Å². The molecule has 0 unspecified atom stereocenters. The van der Waals surface area contributed by atoms with E-state index in [2.05, 4.69) is 15.2 Å². The lowest BCUT2D eigenvalue weighted by atomic mass is 10.1. The first-order chi connectivity index (χ1) is 16.0. The van der Waals surface area contributed by atoms with E-state index in [1.54, 1.807) is 19.1 Å². The maximum absolute atomic E-state index is 13.2. The highest BCUT2D eigenvalue weighted by molar-refractivity contribution is 6.30. The molecule has 180 valence electrons. The number of hydrogen-bond donors (Lipinski definition) is 1. The van der Waals surface area contributed by atoms with Crippen molar-refractivity contribution >= 4 is 17.5 Å². The Kier molecular flexibility index (Phi) is 6.64. The molecule has 1 fully saturated rings. The number of aliphatic hydroxyl groups is 1. The van der Waals surface area contributed by atoms with Crippen LogP contribution in [0.5, 0.6) is 0 Å². The summed E-state index contributed by atoms with van der Waals surface area (Å²) in [6, 6.07) is 8.98. The normalized spacial score (nSPS) is 18.5. The lowest BCUT2D eigenvalue weighted by molar-refractivity contribution is -0.141. The third-order valence-electron chi connectivity index (χ3n) is 5.94. The van der Waals surface area contributed by atoms with Crippen LogP contribution in [-0.2, 0) is 23.9 Å². The molecule has 2 aromatic heterocycles. The Balaban J connectivity index is 1.57. The van der Waals surface area contributed by atoms with Gasteiger partial charge in [0.15, 0.2) is 5.82 Å². The number of carbonyl (C=O) groups excluding carboxylic acids is 1. The van der Waals surface area contributed by atoms with Gasteiger partial charge < -0.3 is 14.6 Å². The topological polar surface area (TPSA) is 84.1 Å². The number of halogens is 4. The maximum Gasteiger partial charge on any atom is 0.433 e. The number of likely N-dealkylation sites (tertiary alicyclic amines) is 1. The number of nitrogens with zero attached hydrogens (tertiary/aromatic N) is 5. The molecule has 0 radical (unpaired) electrons. The van der Waals surface area contributed by atoms with Gasteiger partial charge in [-0.2, -0.15) is 13.2 Å². The Morgan fingerprint density at radius 3 is 2.50 bits per heavy atom. The molecule has 4 rings (SSSR count). The van der Waals surface area contributed by atoms with Crippen LogP contribution in [0.2, 0.25) is 5.02 Å². The van der Waals surface area contributed by atoms with Crippen LogP contribution >= 0.6 is 11.6 Å². The summed E-state index contributed by atoms with van der Waals surface area (Å²) in [6.45, 7) is 3.81. The molecule has 34 heavy (non-hydrogen) atoms. The molecule has 0 spiro atoms. The molecule has 0 bridgehead atoms. The van der Waals surface area contributed by atoms with E-state index in [1.807, 2.05) is 16.7 Å². The molecule has 1 N–H and O–H groups in total. The van der Waals surface area contributed by atoms with Gasteiger partial charge in [0.2, 0.25) is 5.91 Å². The average molecular weight is 494 g/mol. The van der Waals surface area contributed by atoms with Crippen LogP contribution in [-0.4, -0.2) is 48.3 Å². The van der Waals surface area contributed by atoms with Crippen molar-refractivity contribution in [2.75, 3.05) is 6.54 Å². The molecule has 1 aliphatic heterocycles. The second-order valence-corrected chi connectivity index (χ2v) is 8.82. The fourth-order valence-electron chi connectivity index (χ4n) is 4.14. The summed E-state index contributed by atoms with van der Waals surface area (Å²) in [7, 11) is 0. The Hall–Kier alpha value is -2.98. The highest BCUT2D eigenvalue weighted by atomic mass is 35.5. The van der Waals surface area contributed by atoms with Gasteiger partial charge in [-0.1, -0.05) is 29.8 Å². The minimum Gasteiger partial charge on any atom is -0.391 e. The zero-order chi connectivity index (χ0) is 24.6. The predicted molar refractivity (Wildman–Crippen MR) is 118 cm³/mol. The summed E-state index contributed by atoms with van der Waals surface area (Å²) in [6.07, 6.45) is -5.15. The van der Waals surface area contributed by atoms with E-state index in [0.29, 0.717) is 28.8 Å². The zero-order valence-electron chi connectivity index (χ0n) is 18.6. The van der Waals surface area contributed by atoms with Crippen LogP contribution in [0.4, 0.5) is 13.2 Å². The van der Waals surface area contributed by atoms with E-state index >= 15 is 0 Å². The third-order valence-corrected chi connectivity index (χ3v) is 6.20. The van der Waals surface area contributed by atoms with Crippen LogP contribution < -0.4 is 0 Å². The van der Waals surface area contributed by atoms with Gasteiger partial charge in [0, 0.05) is 23.7 Å². The number of pyridine rings is 1. The number of hydrogen-bond acceptors (Lipinski definition) is 5. The average Bonchev–Trinajstić information content (AvgIpc) is 3.33. The first-order valence-electron chi connectivity index (χ1n) is 10.7. The molecule has 1 amide bonds. The van der Waals surface area contributed by atoms with Crippen molar-refractivity contribution in [3.8, 4) is 0 Å². The van der Waals surface area contributed by atoms with Gasteiger partial charge >= 0.3 is 6.18 Å². The van der Waals surface area contributed by atoms with Crippen molar-refractivity contribution in [1.29, 1.82) is 0 Å². The fourth-order valence-corrected chi connectivity index (χ4v) is 4.27. The van der Waals surface area contributed by atoms with Crippen molar-refractivity contribution in [2.24, 2.45) is 0 Å². The Labute approximate surface area is 199 Å². The maximum atomic E-state index is 13.2. The second kappa shape index (κ2) is 9.34. The summed E-state index contributed by atoms with van der Waals surface area (Å²) in [5.74, 6) is 0.867. The van der Waals surface area contributed by atoms with Crippen LogP contribution in [0.15, 0.2) is 36.4 Å². The zero-order valence-corrected chi connectivity index (χ0v) is 19.3. The molecular weight excluding hydrogens is 471 g/mol. The first kappa shape index (κ1) is 24.2. The molecule has 3 heterocycles. The van der Waals surface area contributed by atoms with Gasteiger partial charge in [0.25, 0.3) is 0 Å². The minimum atomic E-state index is -4.55. The Morgan fingerprint density at radius 2 is 1.85 bits per heavy atom. The molecule has 0 aliphatic carbocycles. The molecule has 1 saturated heterocycles. The molecule has 11 heteroatoms. The number of carbonyl (C=O) groups is 1. The molecular formula is C23H23ClF3N5O2. The Morgan fingerprint density at radius 1 is 1.15 bits per heavy atom. The standard InChI is InChI=1S/C23H23ClF3N5O2/c1-13-16(5-8-20(28-13)23(25,26)27)9-21(34)32-12-18(33)10-19(32)22-30-29-14(2)31(22)11-15-3-6-17(24)7-4-15/h3-8,18-19,33H,9-12H2,1-2H3/t18-,19+/m0/s1. The number of aliphatic hydroxyl groups excluding tert-OH is 1. The molecule has 7 nitrogen and oxygen atoms in total. The van der Waals surface area contributed by atoms with Gasteiger partial charge in [-0.25, -0.2) is 4.98 Å². The van der Waals surface area contributed by atoms with E-state index in [0.717, 1.165) is 11.6 Å². The molecule has 1 aromatic carbocycles. The van der Waals surface area contributed by atoms with Crippen molar-refractivity contribution in [2.45, 2.75) is 51.6 Å². The minimum absolute atomic E-state index is 0.101. The monoisotopic (exact) mass is 493 g/mol. The summed E-state index contributed by atoms with van der Waals surface area (Å²) in [4.78, 5) is 18.3. The number of rotatable bonds is 5. The van der Waals surface area contributed by atoms with Crippen LogP contribution in [0.3, 0.4) is 0 Å². The van der Waals surface area contributed by atoms with Crippen LogP contribution in [0.25, 0.3) is 0 Å². The van der Waals surface area contributed by atoms with Crippen LogP contribution in [0, 0.1) is 13.8 Å². The predicted octanol–water partition coefficient (Wildman–Crippen LogP) is 3.89. The number of aromatic nitrogens is 4. The lowest BCUT2D eigenvalue weighted by Crippen LogP contribution is -2.34. The number of alkyl halides is 3. The van der Waals surface area contributed by atoms with Crippen molar-refractivity contribution in [3.05, 3.63) is 75.6 Å². The molecule has 3 aromatic rings. The molecule has 1 aliphatic rings. The van der Waals surface area contributed by atoms with E-state index in [4.69, 9.17) is 11.6 Å². The van der Waals surface area contributed by atoms with Crippen molar-refractivity contribution < 1.29 is 23.1 Å². The number of aryl methyl sites for hydroxylation is 2. The van der Waals surface area contributed by atoms with Crippen molar-refractivity contribution in [1.82, 2.24) is 24.6 Å². The van der Waals surface area contributed by atoms with Crippen molar-refractivity contribution in [3.63, 3.8) is 0 Å². The number of β-amino-alcohol motifs (C(OH)–C–C–N with tert-alkyl or cyclic N) is 1. The first-order valence-corrected chi connectivity index (χ1v) is 11.1. The van der Waals surface area contributed by atoms with Gasteiger partial charge in [-0.15, -0.1) is 10.2 Å². The van der Waals surface area contributed by atoms with E-state index in [1.165, 1.54) is 17.9 Å². The lowest BCUT2D eigenvalue weighted by Gasteiger charge is -2.25. The summed E-state index contributed by atoms with van der Waals surface area (Å²) < 4.78 is 40.6. The van der Waals surface area contributed by atoms with E-state index in [9.17, 15) is 23.1 Å². The fraction of sp³-hybridized carbons (Fsp3) is 0.391. The van der Waals surface area contributed by atoms with Gasteiger partial charge in [0.1, 0.15) is 11.5 Å². The largest absolute Gasteiger partial charge is 0.433 e. The SMILES string of the molecule is Cc1nc(C(F)(F)F)ccc1CC(=O)N1C[C@@H](O)C[C@@H]1c1nnc(C)n1Cc1ccc(Cl)cc1. The molecule has 2 atom stereocenters. The number of amides is 1. The summed E-state index contributed by atoms with van der Waals surface area (Å²) in [5, 5.41) is 19.4. The van der Waals surface area contributed by atoms with Crippen LogP contribution in [0.1, 0.15) is 46.6 Å². The van der Waals surface area contributed by atoms with Gasteiger partial charge in [-0.3, -0.25) is 4.79 Å². The third kappa shape index (κ3) is 5.07. The molecule has 0 saturated carbocycles. The Bertz CT molecular complexity index is 1200. The summed E-state index contributed by atoms with van der Waals surface area (Å²) in [5.41, 5.74) is 0.510. The smallest absolute Gasteiger partial charge is 0.391 e. The summed E-state index contributed by atoms with van der Waals surface area (Å²) >= 11 is 5.97. The quantitative estimate of drug-likeness (QED) is 0.583. The van der Waals surface area contributed by atoms with Gasteiger partial charge in [0.05, 0.1) is 25.1 Å².